The third kappa shape index (κ3) is 10.4. The van der Waals surface area contributed by atoms with Crippen molar-refractivity contribution in [3.63, 3.8) is 0 Å². The molecule has 0 fully saturated rings. The van der Waals surface area contributed by atoms with Crippen LogP contribution < -0.4 is 51.4 Å². The van der Waals surface area contributed by atoms with E-state index in [0.717, 1.165) is 19.3 Å². The summed E-state index contributed by atoms with van der Waals surface area (Å²) >= 11 is 0. The number of rotatable bonds is 7. The second-order valence-electron chi connectivity index (χ2n) is 3.69. The molecule has 0 radical (unpaired) electrons. The van der Waals surface area contributed by atoms with Gasteiger partial charge in [-0.15, -0.1) is 0 Å². The Morgan fingerprint density at radius 3 is 2.27 bits per heavy atom. The van der Waals surface area contributed by atoms with Gasteiger partial charge in [-0.1, -0.05) is 26.2 Å². The van der Waals surface area contributed by atoms with E-state index in [2.05, 4.69) is 6.92 Å². The molecule has 2 atom stereocenters. The summed E-state index contributed by atoms with van der Waals surface area (Å²) in [4.78, 5) is 0. The number of hydrogen-bond donors (Lipinski definition) is 1. The van der Waals surface area contributed by atoms with Crippen LogP contribution in [-0.4, -0.2) is 29.4 Å². The minimum absolute atomic E-state index is 0. The molecule has 0 aliphatic heterocycles. The van der Waals surface area contributed by atoms with Crippen molar-refractivity contribution < 1.29 is 69.5 Å². The van der Waals surface area contributed by atoms with Gasteiger partial charge in [-0.05, 0) is 19.8 Å². The fourth-order valence-electron chi connectivity index (χ4n) is 1.25. The van der Waals surface area contributed by atoms with E-state index in [9.17, 15) is 18.1 Å². The Labute approximate surface area is 135 Å². The molecule has 0 spiro atoms. The van der Waals surface area contributed by atoms with Crippen LogP contribution in [0.2, 0.25) is 0 Å². The number of aliphatic hydroxyl groups is 1. The summed E-state index contributed by atoms with van der Waals surface area (Å²) in [6, 6.07) is 0. The van der Waals surface area contributed by atoms with Gasteiger partial charge in [0.25, 0.3) is 0 Å². The second kappa shape index (κ2) is 9.53. The van der Waals surface area contributed by atoms with E-state index in [1.54, 1.807) is 0 Å². The first kappa shape index (κ1) is 18.9. The summed E-state index contributed by atoms with van der Waals surface area (Å²) in [6.45, 7) is 3.39. The summed E-state index contributed by atoms with van der Waals surface area (Å²) in [5.41, 5.74) is 0. The standard InChI is InChI=1S/C9H20O4S.K/c1-3-4-5-6-9(10)7-8(2)14(11,12)13;/h8-10H,3-7H2,1-2H3,(H,11,12,13);/q;+1/p-1. The molecule has 4 nitrogen and oxygen atoms in total. The Balaban J connectivity index is 0. The van der Waals surface area contributed by atoms with Crippen LogP contribution in [0.25, 0.3) is 0 Å². The topological polar surface area (TPSA) is 77.4 Å². The Bertz CT molecular complexity index is 240. The Hall–Kier alpha value is 1.51. The van der Waals surface area contributed by atoms with Crippen LogP contribution in [0.5, 0.6) is 0 Å². The molecule has 0 aromatic rings. The molecule has 0 amide bonds. The van der Waals surface area contributed by atoms with Crippen LogP contribution in [0, 0.1) is 0 Å². The molecule has 0 heterocycles. The molecule has 0 aromatic carbocycles. The summed E-state index contributed by atoms with van der Waals surface area (Å²) in [7, 11) is -4.24. The summed E-state index contributed by atoms with van der Waals surface area (Å²) in [6.07, 6.45) is 2.92. The zero-order chi connectivity index (χ0) is 11.2. The van der Waals surface area contributed by atoms with Crippen LogP contribution in [0.3, 0.4) is 0 Å². The minimum atomic E-state index is -4.24. The number of unbranched alkanes of at least 4 members (excludes halogenated alkanes) is 2. The van der Waals surface area contributed by atoms with Gasteiger partial charge >= 0.3 is 51.4 Å². The van der Waals surface area contributed by atoms with E-state index in [1.165, 1.54) is 6.92 Å². The zero-order valence-electron chi connectivity index (χ0n) is 9.77. The molecule has 0 aromatic heterocycles. The monoisotopic (exact) mass is 262 g/mol. The molecule has 15 heavy (non-hydrogen) atoms. The van der Waals surface area contributed by atoms with E-state index < -0.39 is 21.5 Å². The fraction of sp³-hybridized carbons (Fsp3) is 1.00. The molecule has 0 aliphatic rings. The van der Waals surface area contributed by atoms with Gasteiger partial charge in [0.05, 0.1) is 16.2 Å². The first-order chi connectivity index (χ1) is 6.38. The van der Waals surface area contributed by atoms with Crippen molar-refractivity contribution in [3.05, 3.63) is 0 Å². The maximum Gasteiger partial charge on any atom is 1.00 e. The smallest absolute Gasteiger partial charge is 0.748 e. The average molecular weight is 262 g/mol. The molecule has 6 heteroatoms. The van der Waals surface area contributed by atoms with Gasteiger partial charge in [0.15, 0.2) is 0 Å². The zero-order valence-corrected chi connectivity index (χ0v) is 13.7. The molecule has 1 N–H and O–H groups in total. The molecular weight excluding hydrogens is 243 g/mol. The predicted octanol–water partition coefficient (Wildman–Crippen LogP) is -1.74. The van der Waals surface area contributed by atoms with Crippen LogP contribution in [0.4, 0.5) is 0 Å². The average Bonchev–Trinajstić information content (AvgIpc) is 2.03. The Kier molecular flexibility index (Phi) is 12.0. The van der Waals surface area contributed by atoms with Gasteiger partial charge in [-0.3, -0.25) is 0 Å². The molecule has 86 valence electrons. The van der Waals surface area contributed by atoms with Gasteiger partial charge in [-0.2, -0.15) is 0 Å². The maximum absolute atomic E-state index is 10.5. The molecule has 0 rings (SSSR count). The van der Waals surface area contributed by atoms with Gasteiger partial charge < -0.3 is 9.66 Å². The van der Waals surface area contributed by atoms with Crippen LogP contribution in [-0.2, 0) is 10.1 Å². The van der Waals surface area contributed by atoms with Gasteiger partial charge in [0, 0.05) is 5.25 Å². The van der Waals surface area contributed by atoms with Crippen molar-refractivity contribution in [1.82, 2.24) is 0 Å². The third-order valence-corrected chi connectivity index (χ3v) is 3.42. The first-order valence-electron chi connectivity index (χ1n) is 5.00. The van der Waals surface area contributed by atoms with Crippen molar-refractivity contribution in [2.75, 3.05) is 0 Å². The summed E-state index contributed by atoms with van der Waals surface area (Å²) < 4.78 is 31.6. The maximum atomic E-state index is 10.5. The largest absolute Gasteiger partial charge is 1.00 e. The van der Waals surface area contributed by atoms with Crippen molar-refractivity contribution in [2.24, 2.45) is 0 Å². The molecular formula is C9H19KO4S. The van der Waals surface area contributed by atoms with Crippen molar-refractivity contribution >= 4 is 10.1 Å². The molecule has 0 aliphatic carbocycles. The Morgan fingerprint density at radius 1 is 1.33 bits per heavy atom. The van der Waals surface area contributed by atoms with Crippen LogP contribution in [0.15, 0.2) is 0 Å². The SMILES string of the molecule is CCCCCC(O)CC(C)S(=O)(=O)[O-].[K+]. The fourth-order valence-corrected chi connectivity index (χ4v) is 1.71. The number of hydrogen-bond acceptors (Lipinski definition) is 4. The second-order valence-corrected chi connectivity index (χ2v) is 5.48. The molecule has 0 saturated heterocycles. The normalized spacial score (nSPS) is 15.5. The van der Waals surface area contributed by atoms with E-state index in [0.29, 0.717) is 6.42 Å². The van der Waals surface area contributed by atoms with Gasteiger partial charge in [-0.25, -0.2) is 8.42 Å². The van der Waals surface area contributed by atoms with E-state index >= 15 is 0 Å². The van der Waals surface area contributed by atoms with Crippen molar-refractivity contribution in [3.8, 4) is 0 Å². The van der Waals surface area contributed by atoms with E-state index in [1.807, 2.05) is 0 Å². The van der Waals surface area contributed by atoms with Crippen LogP contribution >= 0.6 is 0 Å². The first-order valence-corrected chi connectivity index (χ1v) is 6.47. The summed E-state index contributed by atoms with van der Waals surface area (Å²) in [5, 5.41) is 8.42. The molecule has 2 unspecified atom stereocenters. The quantitative estimate of drug-likeness (QED) is 0.335. The van der Waals surface area contributed by atoms with Crippen molar-refractivity contribution in [2.45, 2.75) is 57.3 Å². The molecule has 0 saturated carbocycles. The van der Waals surface area contributed by atoms with Crippen LogP contribution in [0.1, 0.15) is 46.0 Å². The minimum Gasteiger partial charge on any atom is -0.748 e. The summed E-state index contributed by atoms with van der Waals surface area (Å²) in [5.74, 6) is 0. The predicted molar refractivity (Wildman–Crippen MR) is 53.9 cm³/mol. The van der Waals surface area contributed by atoms with E-state index in [4.69, 9.17) is 0 Å². The third-order valence-electron chi connectivity index (χ3n) is 2.24. The Morgan fingerprint density at radius 2 is 1.87 bits per heavy atom. The molecule has 0 bridgehead atoms. The number of aliphatic hydroxyl groups excluding tert-OH is 1. The van der Waals surface area contributed by atoms with Gasteiger partial charge in [0.2, 0.25) is 0 Å². The van der Waals surface area contributed by atoms with E-state index in [-0.39, 0.29) is 57.8 Å². The van der Waals surface area contributed by atoms with Gasteiger partial charge in [0.1, 0.15) is 0 Å². The van der Waals surface area contributed by atoms with Crippen molar-refractivity contribution in [1.29, 1.82) is 0 Å².